The summed E-state index contributed by atoms with van der Waals surface area (Å²) in [6.07, 6.45) is 4.19. The number of fused-ring (bicyclic) bond motifs is 1. The van der Waals surface area contributed by atoms with Crippen molar-refractivity contribution in [1.29, 1.82) is 0 Å². The van der Waals surface area contributed by atoms with Gasteiger partial charge in [-0.2, -0.15) is 0 Å². The van der Waals surface area contributed by atoms with E-state index in [2.05, 4.69) is 97.1 Å². The molecule has 2 nitrogen and oxygen atoms in total. The highest BCUT2D eigenvalue weighted by atomic mass is 79.9. The monoisotopic (exact) mass is 466 g/mol. The Bertz CT molecular complexity index is 1070. The number of nitrogens with zero attached hydrogens (tertiary/aromatic N) is 2. The van der Waals surface area contributed by atoms with E-state index >= 15 is 0 Å². The second-order valence-corrected chi connectivity index (χ2v) is 7.75. The van der Waals surface area contributed by atoms with Gasteiger partial charge in [0.2, 0.25) is 0 Å². The minimum atomic E-state index is 0.778. The minimum absolute atomic E-state index is 0.778. The predicted molar refractivity (Wildman–Crippen MR) is 116 cm³/mol. The Morgan fingerprint density at radius 2 is 1.46 bits per heavy atom. The third-order valence-corrected chi connectivity index (χ3v) is 6.07. The van der Waals surface area contributed by atoms with Gasteiger partial charge in [-0.1, -0.05) is 66.7 Å². The number of benzene rings is 3. The van der Waals surface area contributed by atoms with Crippen molar-refractivity contribution in [3.05, 3.63) is 98.7 Å². The van der Waals surface area contributed by atoms with Crippen LogP contribution in [0.3, 0.4) is 0 Å². The van der Waals surface area contributed by atoms with E-state index < -0.39 is 0 Å². The summed E-state index contributed by atoms with van der Waals surface area (Å²) in [7, 11) is 0. The van der Waals surface area contributed by atoms with Gasteiger partial charge in [-0.3, -0.25) is 0 Å². The summed E-state index contributed by atoms with van der Waals surface area (Å²) in [6, 6.07) is 24.9. The van der Waals surface area contributed by atoms with Crippen molar-refractivity contribution in [3.63, 3.8) is 0 Å². The molecular formula is C22H16Br2N2. The van der Waals surface area contributed by atoms with E-state index in [-0.39, 0.29) is 0 Å². The molecule has 0 fully saturated rings. The smallest absolute Gasteiger partial charge is 0.134 e. The zero-order valence-electron chi connectivity index (χ0n) is 13.9. The molecule has 0 saturated heterocycles. The molecule has 0 aliphatic heterocycles. The fourth-order valence-electron chi connectivity index (χ4n) is 2.93. The molecule has 1 heterocycles. The Balaban J connectivity index is 1.82. The molecule has 0 unspecified atom stereocenters. The first-order chi connectivity index (χ1) is 12.7. The molecule has 0 N–H and O–H groups in total. The molecule has 1 aromatic heterocycles. The average molecular weight is 468 g/mol. The number of hydrogen-bond donors (Lipinski definition) is 0. The SMILES string of the molecule is Brc1cc2nc(/C=C/c3ccccc3)n(Cc3ccccc3)c2cc1Br. The van der Waals surface area contributed by atoms with Gasteiger partial charge >= 0.3 is 0 Å². The third-order valence-electron chi connectivity index (χ3n) is 4.23. The first kappa shape index (κ1) is 17.3. The van der Waals surface area contributed by atoms with Crippen LogP contribution in [0.15, 0.2) is 81.7 Å². The summed E-state index contributed by atoms with van der Waals surface area (Å²) in [5.41, 5.74) is 4.49. The van der Waals surface area contributed by atoms with E-state index in [9.17, 15) is 0 Å². The van der Waals surface area contributed by atoms with E-state index in [1.54, 1.807) is 0 Å². The summed E-state index contributed by atoms with van der Waals surface area (Å²) >= 11 is 7.19. The van der Waals surface area contributed by atoms with Crippen LogP contribution < -0.4 is 0 Å². The second kappa shape index (κ2) is 7.60. The Morgan fingerprint density at radius 3 is 2.19 bits per heavy atom. The first-order valence-electron chi connectivity index (χ1n) is 8.33. The molecule has 3 aromatic carbocycles. The molecule has 0 saturated carbocycles. The van der Waals surface area contributed by atoms with E-state index in [4.69, 9.17) is 4.98 Å². The van der Waals surface area contributed by atoms with Gasteiger partial charge in [0.15, 0.2) is 0 Å². The van der Waals surface area contributed by atoms with Crippen LogP contribution >= 0.6 is 31.9 Å². The zero-order valence-corrected chi connectivity index (χ0v) is 17.1. The highest BCUT2D eigenvalue weighted by molar-refractivity contribution is 9.13. The number of imidazole rings is 1. The summed E-state index contributed by atoms with van der Waals surface area (Å²) in [4.78, 5) is 4.85. The van der Waals surface area contributed by atoms with Crippen molar-refractivity contribution in [2.75, 3.05) is 0 Å². The lowest BCUT2D eigenvalue weighted by atomic mass is 10.2. The number of rotatable bonds is 4. The van der Waals surface area contributed by atoms with Crippen LogP contribution in [0.5, 0.6) is 0 Å². The van der Waals surface area contributed by atoms with Crippen LogP contribution in [0.1, 0.15) is 17.0 Å². The van der Waals surface area contributed by atoms with Crippen molar-refractivity contribution in [3.8, 4) is 0 Å². The number of aromatic nitrogens is 2. The first-order valence-corrected chi connectivity index (χ1v) is 9.91. The molecule has 4 aromatic rings. The molecule has 0 radical (unpaired) electrons. The zero-order chi connectivity index (χ0) is 17.9. The van der Waals surface area contributed by atoms with Gasteiger partial charge in [0.25, 0.3) is 0 Å². The molecular weight excluding hydrogens is 452 g/mol. The van der Waals surface area contributed by atoms with Gasteiger partial charge in [-0.05, 0) is 61.2 Å². The van der Waals surface area contributed by atoms with Crippen LogP contribution in [0.4, 0.5) is 0 Å². The lowest BCUT2D eigenvalue weighted by molar-refractivity contribution is 0.813. The quantitative estimate of drug-likeness (QED) is 0.323. The highest BCUT2D eigenvalue weighted by Gasteiger charge is 2.11. The van der Waals surface area contributed by atoms with Gasteiger partial charge < -0.3 is 4.57 Å². The minimum Gasteiger partial charge on any atom is -0.320 e. The predicted octanol–water partition coefficient (Wildman–Crippen LogP) is 6.78. The van der Waals surface area contributed by atoms with Crippen molar-refractivity contribution in [1.82, 2.24) is 9.55 Å². The molecule has 4 heteroatoms. The standard InChI is InChI=1S/C22H16Br2N2/c23-18-13-20-21(14-19(18)24)26(15-17-9-5-2-6-10-17)22(25-20)12-11-16-7-3-1-4-8-16/h1-14H,15H2/b12-11+. The van der Waals surface area contributed by atoms with Crippen molar-refractivity contribution in [2.24, 2.45) is 0 Å². The molecule has 0 bridgehead atoms. The van der Waals surface area contributed by atoms with E-state index in [1.807, 2.05) is 24.3 Å². The lowest BCUT2D eigenvalue weighted by Crippen LogP contribution is -2.02. The Labute approximate surface area is 169 Å². The average Bonchev–Trinajstić information content (AvgIpc) is 2.99. The molecule has 4 rings (SSSR count). The number of halogens is 2. The van der Waals surface area contributed by atoms with Crippen molar-refractivity contribution < 1.29 is 0 Å². The summed E-state index contributed by atoms with van der Waals surface area (Å²) < 4.78 is 4.28. The van der Waals surface area contributed by atoms with Crippen molar-refractivity contribution in [2.45, 2.75) is 6.54 Å². The van der Waals surface area contributed by atoms with Gasteiger partial charge in [-0.25, -0.2) is 4.98 Å². The molecule has 128 valence electrons. The van der Waals surface area contributed by atoms with Crippen LogP contribution in [0.25, 0.3) is 23.2 Å². The second-order valence-electron chi connectivity index (χ2n) is 6.04. The van der Waals surface area contributed by atoms with Gasteiger partial charge in [0, 0.05) is 15.5 Å². The van der Waals surface area contributed by atoms with E-state index in [0.717, 1.165) is 37.9 Å². The van der Waals surface area contributed by atoms with Crippen LogP contribution in [0.2, 0.25) is 0 Å². The van der Waals surface area contributed by atoms with Crippen LogP contribution in [-0.4, -0.2) is 9.55 Å². The topological polar surface area (TPSA) is 17.8 Å². The largest absolute Gasteiger partial charge is 0.320 e. The Kier molecular flexibility index (Phi) is 5.05. The van der Waals surface area contributed by atoms with Gasteiger partial charge in [-0.15, -0.1) is 0 Å². The Morgan fingerprint density at radius 1 is 0.808 bits per heavy atom. The summed E-state index contributed by atoms with van der Waals surface area (Å²) in [5.74, 6) is 0.942. The van der Waals surface area contributed by atoms with E-state index in [0.29, 0.717) is 0 Å². The number of hydrogen-bond acceptors (Lipinski definition) is 1. The van der Waals surface area contributed by atoms with Crippen LogP contribution in [0, 0.1) is 0 Å². The maximum Gasteiger partial charge on any atom is 0.134 e. The fourth-order valence-corrected chi connectivity index (χ4v) is 3.60. The molecule has 26 heavy (non-hydrogen) atoms. The summed E-state index contributed by atoms with van der Waals surface area (Å²) in [6.45, 7) is 0.778. The molecule has 0 amide bonds. The molecule has 0 aliphatic carbocycles. The van der Waals surface area contributed by atoms with Gasteiger partial charge in [0.1, 0.15) is 5.82 Å². The Hall–Kier alpha value is -2.17. The summed E-state index contributed by atoms with van der Waals surface area (Å²) in [5, 5.41) is 0. The molecule has 0 aliphatic rings. The van der Waals surface area contributed by atoms with Gasteiger partial charge in [0.05, 0.1) is 11.0 Å². The molecule has 0 atom stereocenters. The highest BCUT2D eigenvalue weighted by Crippen LogP contribution is 2.30. The maximum absolute atomic E-state index is 4.85. The van der Waals surface area contributed by atoms with Crippen molar-refractivity contribution >= 4 is 55.0 Å². The fraction of sp³-hybridized carbons (Fsp3) is 0.0455. The molecule has 0 spiro atoms. The van der Waals surface area contributed by atoms with E-state index in [1.165, 1.54) is 5.56 Å². The normalized spacial score (nSPS) is 11.5. The van der Waals surface area contributed by atoms with Crippen LogP contribution in [-0.2, 0) is 6.54 Å². The lowest BCUT2D eigenvalue weighted by Gasteiger charge is -2.08. The maximum atomic E-state index is 4.85. The third kappa shape index (κ3) is 3.67.